The first-order valence-corrected chi connectivity index (χ1v) is 6.64. The first-order chi connectivity index (χ1) is 6.66. The van der Waals surface area contributed by atoms with Gasteiger partial charge in [-0.3, -0.25) is 9.00 Å². The van der Waals surface area contributed by atoms with Crippen LogP contribution >= 0.6 is 0 Å². The van der Waals surface area contributed by atoms with Gasteiger partial charge in [0.2, 0.25) is 5.91 Å². The zero-order valence-electron chi connectivity index (χ0n) is 10.2. The fraction of sp³-hybridized carbons (Fsp3) is 0.900. The highest BCUT2D eigenvalue weighted by Gasteiger charge is 2.27. The van der Waals surface area contributed by atoms with Crippen molar-refractivity contribution in [1.82, 2.24) is 5.32 Å². The summed E-state index contributed by atoms with van der Waals surface area (Å²) in [6.07, 6.45) is 1.63. The van der Waals surface area contributed by atoms with Gasteiger partial charge in [-0.2, -0.15) is 0 Å². The van der Waals surface area contributed by atoms with Crippen molar-refractivity contribution >= 4 is 16.7 Å². The van der Waals surface area contributed by atoms with E-state index in [4.69, 9.17) is 5.73 Å². The summed E-state index contributed by atoms with van der Waals surface area (Å²) in [6, 6.07) is -0.532. The summed E-state index contributed by atoms with van der Waals surface area (Å²) in [5, 5.41) is 2.67. The van der Waals surface area contributed by atoms with Crippen molar-refractivity contribution in [3.8, 4) is 0 Å². The van der Waals surface area contributed by atoms with Gasteiger partial charge >= 0.3 is 0 Å². The lowest BCUT2D eigenvalue weighted by atomic mass is 9.87. The second kappa shape index (κ2) is 5.61. The molecule has 0 bridgehead atoms. The molecule has 0 aromatic carbocycles. The van der Waals surface area contributed by atoms with Gasteiger partial charge in [0.25, 0.3) is 0 Å². The standard InChI is InChI=1S/C10H22N2O2S/c1-7(15(5)14)6-12-9(13)8(11)10(2,3)4/h7-8H,6,11H2,1-5H3,(H,12,13)/t7?,8-,15?/m1/s1. The number of carbonyl (C=O) groups excluding carboxylic acids is 1. The number of nitrogens with two attached hydrogens (primary N) is 1. The van der Waals surface area contributed by atoms with E-state index in [0.717, 1.165) is 0 Å². The van der Waals surface area contributed by atoms with Crippen LogP contribution in [0.3, 0.4) is 0 Å². The molecule has 0 spiro atoms. The summed E-state index contributed by atoms with van der Waals surface area (Å²) in [6.45, 7) is 7.99. The molecule has 0 aliphatic carbocycles. The van der Waals surface area contributed by atoms with Crippen LogP contribution in [-0.4, -0.2) is 34.2 Å². The highest BCUT2D eigenvalue weighted by Crippen LogP contribution is 2.17. The SMILES string of the molecule is CC(CNC(=O)[C@@H](N)C(C)(C)C)S(C)=O. The van der Waals surface area contributed by atoms with Crippen molar-refractivity contribution in [2.24, 2.45) is 11.1 Å². The lowest BCUT2D eigenvalue weighted by Crippen LogP contribution is -2.50. The molecule has 0 saturated heterocycles. The molecule has 4 nitrogen and oxygen atoms in total. The number of amides is 1. The van der Waals surface area contributed by atoms with Crippen molar-refractivity contribution in [2.45, 2.75) is 39.0 Å². The van der Waals surface area contributed by atoms with Gasteiger partial charge < -0.3 is 11.1 Å². The summed E-state index contributed by atoms with van der Waals surface area (Å²) >= 11 is 0. The van der Waals surface area contributed by atoms with E-state index in [9.17, 15) is 9.00 Å². The normalized spacial score (nSPS) is 18.0. The van der Waals surface area contributed by atoms with Gasteiger partial charge in [-0.05, 0) is 12.3 Å². The summed E-state index contributed by atoms with van der Waals surface area (Å²) in [5.41, 5.74) is 5.52. The topological polar surface area (TPSA) is 72.2 Å². The van der Waals surface area contributed by atoms with Gasteiger partial charge in [0.1, 0.15) is 0 Å². The van der Waals surface area contributed by atoms with Gasteiger partial charge in [0, 0.05) is 28.9 Å². The Labute approximate surface area is 94.4 Å². The molecular formula is C10H22N2O2S. The van der Waals surface area contributed by atoms with Crippen LogP contribution in [-0.2, 0) is 15.6 Å². The third-order valence-electron chi connectivity index (χ3n) is 2.35. The predicted octanol–water partition coefficient (Wildman–Crippen LogP) is 0.243. The molecule has 15 heavy (non-hydrogen) atoms. The average Bonchev–Trinajstić information content (AvgIpc) is 2.10. The number of carbonyl (C=O) groups is 1. The van der Waals surface area contributed by atoms with Gasteiger partial charge in [-0.15, -0.1) is 0 Å². The van der Waals surface area contributed by atoms with E-state index in [1.54, 1.807) is 6.26 Å². The minimum absolute atomic E-state index is 0.0406. The van der Waals surface area contributed by atoms with Gasteiger partial charge in [0.05, 0.1) is 6.04 Å². The third-order valence-corrected chi connectivity index (χ3v) is 3.65. The number of hydrogen-bond acceptors (Lipinski definition) is 3. The molecule has 1 amide bonds. The predicted molar refractivity (Wildman–Crippen MR) is 64.0 cm³/mol. The van der Waals surface area contributed by atoms with Crippen molar-refractivity contribution in [3.05, 3.63) is 0 Å². The Hall–Kier alpha value is -0.420. The van der Waals surface area contributed by atoms with Crippen LogP contribution in [0.1, 0.15) is 27.7 Å². The van der Waals surface area contributed by atoms with E-state index in [-0.39, 0.29) is 16.6 Å². The van der Waals surface area contributed by atoms with Crippen LogP contribution in [0.4, 0.5) is 0 Å². The lowest BCUT2D eigenvalue weighted by molar-refractivity contribution is -0.124. The molecule has 0 aromatic rings. The summed E-state index contributed by atoms with van der Waals surface area (Å²) in [4.78, 5) is 11.6. The fourth-order valence-electron chi connectivity index (χ4n) is 0.865. The maximum atomic E-state index is 11.6. The highest BCUT2D eigenvalue weighted by molar-refractivity contribution is 7.84. The molecule has 5 heteroatoms. The number of hydrogen-bond donors (Lipinski definition) is 2. The van der Waals surface area contributed by atoms with E-state index < -0.39 is 16.8 Å². The molecule has 2 unspecified atom stereocenters. The van der Waals surface area contributed by atoms with Gasteiger partial charge in [-0.1, -0.05) is 20.8 Å². The van der Waals surface area contributed by atoms with Crippen LogP contribution in [0.2, 0.25) is 0 Å². The minimum Gasteiger partial charge on any atom is -0.354 e. The van der Waals surface area contributed by atoms with Crippen LogP contribution in [0.25, 0.3) is 0 Å². The largest absolute Gasteiger partial charge is 0.354 e. The van der Waals surface area contributed by atoms with E-state index in [0.29, 0.717) is 6.54 Å². The smallest absolute Gasteiger partial charge is 0.237 e. The third kappa shape index (κ3) is 5.28. The molecule has 0 rings (SSSR count). The Morgan fingerprint density at radius 2 is 1.93 bits per heavy atom. The van der Waals surface area contributed by atoms with E-state index in [1.807, 2.05) is 27.7 Å². The molecule has 0 heterocycles. The molecule has 0 aromatic heterocycles. The Morgan fingerprint density at radius 3 is 2.27 bits per heavy atom. The summed E-state index contributed by atoms with van der Waals surface area (Å²) in [5.74, 6) is -0.181. The molecule has 0 aliphatic heterocycles. The molecule has 0 saturated carbocycles. The van der Waals surface area contributed by atoms with Crippen molar-refractivity contribution in [1.29, 1.82) is 0 Å². The second-order valence-electron chi connectivity index (χ2n) is 4.90. The number of nitrogens with one attached hydrogen (secondary N) is 1. The zero-order valence-corrected chi connectivity index (χ0v) is 11.0. The van der Waals surface area contributed by atoms with E-state index in [1.165, 1.54) is 0 Å². The molecular weight excluding hydrogens is 212 g/mol. The average molecular weight is 234 g/mol. The Balaban J connectivity index is 4.11. The molecule has 0 radical (unpaired) electrons. The molecule has 3 N–H and O–H groups in total. The van der Waals surface area contributed by atoms with Crippen molar-refractivity contribution in [2.75, 3.05) is 12.8 Å². The summed E-state index contributed by atoms with van der Waals surface area (Å²) in [7, 11) is -0.917. The van der Waals surface area contributed by atoms with Crippen molar-refractivity contribution in [3.63, 3.8) is 0 Å². The van der Waals surface area contributed by atoms with Crippen molar-refractivity contribution < 1.29 is 9.00 Å². The Bertz CT molecular complexity index is 248. The lowest BCUT2D eigenvalue weighted by Gasteiger charge is -2.26. The molecule has 0 fully saturated rings. The number of rotatable bonds is 4. The minimum atomic E-state index is -0.917. The van der Waals surface area contributed by atoms with Crippen LogP contribution in [0, 0.1) is 5.41 Å². The van der Waals surface area contributed by atoms with Gasteiger partial charge in [0.15, 0.2) is 0 Å². The first kappa shape index (κ1) is 14.6. The second-order valence-corrected chi connectivity index (χ2v) is 6.70. The van der Waals surface area contributed by atoms with Crippen LogP contribution in [0.5, 0.6) is 0 Å². The molecule has 90 valence electrons. The van der Waals surface area contributed by atoms with E-state index >= 15 is 0 Å². The fourth-order valence-corrected chi connectivity index (χ4v) is 1.18. The Kier molecular flexibility index (Phi) is 5.45. The molecule has 3 atom stereocenters. The maximum Gasteiger partial charge on any atom is 0.237 e. The quantitative estimate of drug-likeness (QED) is 0.732. The van der Waals surface area contributed by atoms with Crippen LogP contribution in [0.15, 0.2) is 0 Å². The first-order valence-electron chi connectivity index (χ1n) is 5.01. The van der Waals surface area contributed by atoms with E-state index in [2.05, 4.69) is 5.32 Å². The Morgan fingerprint density at radius 1 is 1.47 bits per heavy atom. The maximum absolute atomic E-state index is 11.6. The highest BCUT2D eigenvalue weighted by atomic mass is 32.2. The van der Waals surface area contributed by atoms with Gasteiger partial charge in [-0.25, -0.2) is 0 Å². The summed E-state index contributed by atoms with van der Waals surface area (Å²) < 4.78 is 11.1. The zero-order chi connectivity index (χ0) is 12.2. The van der Waals surface area contributed by atoms with Crippen LogP contribution < -0.4 is 11.1 Å². The monoisotopic (exact) mass is 234 g/mol. The molecule has 0 aliphatic rings.